The molecule has 0 bridgehead atoms. The van der Waals surface area contributed by atoms with Crippen LogP contribution < -0.4 is 14.9 Å². The maximum absolute atomic E-state index is 9.11. The Morgan fingerprint density at radius 3 is 2.65 bits per heavy atom. The molecule has 0 atom stereocenters. The molecule has 2 aromatic rings. The Bertz CT molecular complexity index is 589. The van der Waals surface area contributed by atoms with Crippen molar-refractivity contribution in [1.29, 1.82) is 0 Å². The molecular weight excluding hydrogens is 278 g/mol. The quantitative estimate of drug-likeness (QED) is 0.822. The fourth-order valence-corrected chi connectivity index (χ4v) is 1.98. The first-order valence-electron chi connectivity index (χ1n) is 6.01. The van der Waals surface area contributed by atoms with Crippen LogP contribution in [0.2, 0.25) is 5.02 Å². The van der Waals surface area contributed by atoms with E-state index in [0.29, 0.717) is 22.0 Å². The average molecular weight is 293 g/mol. The van der Waals surface area contributed by atoms with Crippen molar-refractivity contribution in [3.05, 3.63) is 53.1 Å². The van der Waals surface area contributed by atoms with Crippen molar-refractivity contribution in [2.45, 2.75) is 6.61 Å². The van der Waals surface area contributed by atoms with Gasteiger partial charge < -0.3 is 19.5 Å². The molecule has 2 rings (SSSR count). The summed E-state index contributed by atoms with van der Waals surface area (Å²) in [6, 6.07) is 11.9. The van der Waals surface area contributed by atoms with Gasteiger partial charge in [0.2, 0.25) is 0 Å². The summed E-state index contributed by atoms with van der Waals surface area (Å²) in [4.78, 5) is 0. The lowest BCUT2D eigenvalue weighted by atomic mass is 9.80. The summed E-state index contributed by atoms with van der Waals surface area (Å²) in [5.74, 6) is 1.23. The van der Waals surface area contributed by atoms with Crippen LogP contribution in [0.1, 0.15) is 5.56 Å². The Kier molecular flexibility index (Phi) is 4.90. The molecule has 2 aromatic carbocycles. The molecule has 0 aliphatic rings. The van der Waals surface area contributed by atoms with Crippen molar-refractivity contribution in [3.63, 3.8) is 0 Å². The molecule has 0 aliphatic heterocycles. The van der Waals surface area contributed by atoms with Gasteiger partial charge in [0, 0.05) is 10.6 Å². The van der Waals surface area contributed by atoms with Crippen LogP contribution in [0.3, 0.4) is 0 Å². The molecule has 0 aliphatic carbocycles. The van der Waals surface area contributed by atoms with Crippen LogP contribution >= 0.6 is 11.6 Å². The predicted molar refractivity (Wildman–Crippen MR) is 78.6 cm³/mol. The third-order valence-electron chi connectivity index (χ3n) is 2.79. The van der Waals surface area contributed by atoms with Crippen molar-refractivity contribution < 1.29 is 19.5 Å². The first kappa shape index (κ1) is 14.7. The standard InChI is InChI=1S/C14H14BClO4/c1-19-14-6-5-12(16)7-10(14)9-20-13-4-2-3-11(8-13)15(17)18/h2-8,17-18H,9H2,1H3. The Balaban J connectivity index is 2.12. The molecule has 0 heterocycles. The fraction of sp³-hybridized carbons (Fsp3) is 0.143. The number of hydrogen-bond acceptors (Lipinski definition) is 4. The number of benzene rings is 2. The first-order chi connectivity index (χ1) is 9.60. The highest BCUT2D eigenvalue weighted by molar-refractivity contribution is 6.58. The van der Waals surface area contributed by atoms with Crippen molar-refractivity contribution in [2.75, 3.05) is 7.11 Å². The van der Waals surface area contributed by atoms with Crippen molar-refractivity contribution in [2.24, 2.45) is 0 Å². The van der Waals surface area contributed by atoms with E-state index >= 15 is 0 Å². The second-order valence-electron chi connectivity index (χ2n) is 4.19. The lowest BCUT2D eigenvalue weighted by Gasteiger charge is -2.11. The molecule has 0 fully saturated rings. The summed E-state index contributed by atoms with van der Waals surface area (Å²) < 4.78 is 10.9. The second-order valence-corrected chi connectivity index (χ2v) is 4.63. The third kappa shape index (κ3) is 3.66. The van der Waals surface area contributed by atoms with Crippen LogP contribution in [0, 0.1) is 0 Å². The van der Waals surface area contributed by atoms with Gasteiger partial charge in [0.05, 0.1) is 7.11 Å². The molecule has 0 unspecified atom stereocenters. The molecular formula is C14H14BClO4. The number of hydrogen-bond donors (Lipinski definition) is 2. The molecule has 0 saturated heterocycles. The maximum Gasteiger partial charge on any atom is 0.488 e. The van der Waals surface area contributed by atoms with E-state index in [2.05, 4.69) is 0 Å². The minimum atomic E-state index is -1.51. The van der Waals surface area contributed by atoms with Gasteiger partial charge in [-0.3, -0.25) is 0 Å². The van der Waals surface area contributed by atoms with Gasteiger partial charge >= 0.3 is 7.12 Å². The zero-order valence-corrected chi connectivity index (χ0v) is 11.7. The fourth-order valence-electron chi connectivity index (χ4n) is 1.79. The number of halogens is 1. The maximum atomic E-state index is 9.11. The van der Waals surface area contributed by atoms with Crippen LogP contribution in [-0.2, 0) is 6.61 Å². The van der Waals surface area contributed by atoms with Crippen molar-refractivity contribution >= 4 is 24.2 Å². The highest BCUT2D eigenvalue weighted by Crippen LogP contribution is 2.24. The first-order valence-corrected chi connectivity index (χ1v) is 6.39. The summed E-state index contributed by atoms with van der Waals surface area (Å²) in [6.45, 7) is 0.273. The second kappa shape index (κ2) is 6.66. The summed E-state index contributed by atoms with van der Waals surface area (Å²) >= 11 is 5.95. The molecule has 20 heavy (non-hydrogen) atoms. The molecule has 0 radical (unpaired) electrons. The summed E-state index contributed by atoms with van der Waals surface area (Å²) in [5, 5.41) is 18.8. The van der Waals surface area contributed by atoms with Gasteiger partial charge in [0.15, 0.2) is 0 Å². The van der Waals surface area contributed by atoms with E-state index in [4.69, 9.17) is 31.1 Å². The minimum Gasteiger partial charge on any atom is -0.496 e. The predicted octanol–water partition coefficient (Wildman–Crippen LogP) is 1.61. The lowest BCUT2D eigenvalue weighted by molar-refractivity contribution is 0.296. The normalized spacial score (nSPS) is 10.2. The minimum absolute atomic E-state index is 0.273. The molecule has 6 heteroatoms. The Morgan fingerprint density at radius 2 is 1.95 bits per heavy atom. The van der Waals surface area contributed by atoms with E-state index in [9.17, 15) is 0 Å². The van der Waals surface area contributed by atoms with Crippen LogP contribution in [0.4, 0.5) is 0 Å². The monoisotopic (exact) mass is 292 g/mol. The van der Waals surface area contributed by atoms with Gasteiger partial charge in [-0.25, -0.2) is 0 Å². The van der Waals surface area contributed by atoms with Crippen LogP contribution in [0.15, 0.2) is 42.5 Å². The summed E-state index contributed by atoms with van der Waals surface area (Å²) in [6.07, 6.45) is 0. The highest BCUT2D eigenvalue weighted by Gasteiger charge is 2.11. The van der Waals surface area contributed by atoms with E-state index in [0.717, 1.165) is 5.56 Å². The zero-order valence-electron chi connectivity index (χ0n) is 10.9. The van der Waals surface area contributed by atoms with Crippen molar-refractivity contribution in [1.82, 2.24) is 0 Å². The third-order valence-corrected chi connectivity index (χ3v) is 3.03. The van der Waals surface area contributed by atoms with Gasteiger partial charge in [-0.15, -0.1) is 0 Å². The number of ether oxygens (including phenoxy) is 2. The molecule has 2 N–H and O–H groups in total. The van der Waals surface area contributed by atoms with Gasteiger partial charge in [0.1, 0.15) is 18.1 Å². The molecule has 4 nitrogen and oxygen atoms in total. The van der Waals surface area contributed by atoms with E-state index in [1.807, 2.05) is 0 Å². The van der Waals surface area contributed by atoms with Crippen molar-refractivity contribution in [3.8, 4) is 11.5 Å². The Hall–Kier alpha value is -1.69. The Morgan fingerprint density at radius 1 is 1.15 bits per heavy atom. The SMILES string of the molecule is COc1ccc(Cl)cc1COc1cccc(B(O)O)c1. The molecule has 104 valence electrons. The lowest BCUT2D eigenvalue weighted by Crippen LogP contribution is -2.29. The molecule has 0 amide bonds. The van der Waals surface area contributed by atoms with Gasteiger partial charge in [0.25, 0.3) is 0 Å². The molecule has 0 spiro atoms. The van der Waals surface area contributed by atoms with E-state index in [-0.39, 0.29) is 6.61 Å². The molecule has 0 saturated carbocycles. The largest absolute Gasteiger partial charge is 0.496 e. The Labute approximate surface area is 122 Å². The van der Waals surface area contributed by atoms with Gasteiger partial charge in [-0.05, 0) is 35.8 Å². The number of rotatable bonds is 5. The zero-order chi connectivity index (χ0) is 14.5. The van der Waals surface area contributed by atoms with Crippen LogP contribution in [-0.4, -0.2) is 24.3 Å². The van der Waals surface area contributed by atoms with Gasteiger partial charge in [-0.1, -0.05) is 23.7 Å². The highest BCUT2D eigenvalue weighted by atomic mass is 35.5. The average Bonchev–Trinajstić information content (AvgIpc) is 2.45. The smallest absolute Gasteiger partial charge is 0.488 e. The van der Waals surface area contributed by atoms with E-state index in [1.165, 1.54) is 0 Å². The summed E-state index contributed by atoms with van der Waals surface area (Å²) in [5.41, 5.74) is 1.19. The van der Waals surface area contributed by atoms with E-state index < -0.39 is 7.12 Å². The van der Waals surface area contributed by atoms with Crippen LogP contribution in [0.5, 0.6) is 11.5 Å². The van der Waals surface area contributed by atoms with Crippen LogP contribution in [0.25, 0.3) is 0 Å². The summed E-state index contributed by atoms with van der Waals surface area (Å²) in [7, 11) is 0.0643. The van der Waals surface area contributed by atoms with Gasteiger partial charge in [-0.2, -0.15) is 0 Å². The topological polar surface area (TPSA) is 58.9 Å². The van der Waals surface area contributed by atoms with E-state index in [1.54, 1.807) is 49.6 Å². The molecule has 0 aromatic heterocycles. The number of methoxy groups -OCH3 is 1.